The molecule has 0 aliphatic carbocycles. The van der Waals surface area contributed by atoms with Gasteiger partial charge in [-0.05, 0) is 43.0 Å². The Morgan fingerprint density at radius 3 is 2.33 bits per heavy atom. The lowest BCUT2D eigenvalue weighted by Gasteiger charge is -2.13. The topological polar surface area (TPSA) is 66.9 Å². The summed E-state index contributed by atoms with van der Waals surface area (Å²) in [6.07, 6.45) is 3.07. The SMILES string of the molecule is Cc1ccc(Nc2ncc(C(=O)Nc3ccccc3C(C)C)cn2)c(C)c1. The molecule has 138 valence electrons. The molecule has 0 aliphatic heterocycles. The van der Waals surface area contributed by atoms with Gasteiger partial charge in [-0.15, -0.1) is 0 Å². The predicted molar refractivity (Wildman–Crippen MR) is 110 cm³/mol. The summed E-state index contributed by atoms with van der Waals surface area (Å²) in [4.78, 5) is 21.1. The zero-order chi connectivity index (χ0) is 19.4. The standard InChI is InChI=1S/C22H24N4O/c1-14(2)18-7-5-6-8-20(18)25-21(27)17-12-23-22(24-13-17)26-19-10-9-15(3)11-16(19)4/h5-14H,1-4H3,(H,25,27)(H,23,24,26). The van der Waals surface area contributed by atoms with Gasteiger partial charge in [0.25, 0.3) is 5.91 Å². The molecule has 5 heteroatoms. The minimum absolute atomic E-state index is 0.221. The Morgan fingerprint density at radius 2 is 1.67 bits per heavy atom. The Hall–Kier alpha value is -3.21. The van der Waals surface area contributed by atoms with Gasteiger partial charge in [-0.1, -0.05) is 49.7 Å². The van der Waals surface area contributed by atoms with Gasteiger partial charge in [-0.25, -0.2) is 9.97 Å². The maximum Gasteiger partial charge on any atom is 0.258 e. The molecule has 0 atom stereocenters. The number of nitrogens with zero attached hydrogens (tertiary/aromatic N) is 2. The molecule has 0 spiro atoms. The molecule has 0 fully saturated rings. The molecule has 1 heterocycles. The van der Waals surface area contributed by atoms with Crippen molar-refractivity contribution >= 4 is 23.2 Å². The van der Waals surface area contributed by atoms with Crippen molar-refractivity contribution in [2.24, 2.45) is 0 Å². The van der Waals surface area contributed by atoms with E-state index in [2.05, 4.69) is 47.4 Å². The highest BCUT2D eigenvalue weighted by molar-refractivity contribution is 6.04. The van der Waals surface area contributed by atoms with Crippen LogP contribution in [0.3, 0.4) is 0 Å². The number of hydrogen-bond donors (Lipinski definition) is 2. The highest BCUT2D eigenvalue weighted by Crippen LogP contribution is 2.24. The Kier molecular flexibility index (Phi) is 5.50. The molecule has 0 saturated heterocycles. The number of aryl methyl sites for hydroxylation is 2. The Balaban J connectivity index is 1.72. The fraction of sp³-hybridized carbons (Fsp3) is 0.227. The number of para-hydroxylation sites is 1. The second kappa shape index (κ2) is 7.99. The van der Waals surface area contributed by atoms with Gasteiger partial charge in [0, 0.05) is 23.8 Å². The van der Waals surface area contributed by atoms with Crippen LogP contribution in [-0.4, -0.2) is 15.9 Å². The highest BCUT2D eigenvalue weighted by atomic mass is 16.1. The smallest absolute Gasteiger partial charge is 0.258 e. The van der Waals surface area contributed by atoms with E-state index >= 15 is 0 Å². The molecule has 0 aliphatic rings. The lowest BCUT2D eigenvalue weighted by Crippen LogP contribution is -2.14. The van der Waals surface area contributed by atoms with Crippen molar-refractivity contribution < 1.29 is 4.79 Å². The van der Waals surface area contributed by atoms with Crippen LogP contribution in [0.4, 0.5) is 17.3 Å². The van der Waals surface area contributed by atoms with E-state index < -0.39 is 0 Å². The van der Waals surface area contributed by atoms with Crippen LogP contribution in [0, 0.1) is 13.8 Å². The quantitative estimate of drug-likeness (QED) is 0.655. The van der Waals surface area contributed by atoms with Gasteiger partial charge in [-0.3, -0.25) is 4.79 Å². The van der Waals surface area contributed by atoms with Crippen LogP contribution in [0.2, 0.25) is 0 Å². The fourth-order valence-electron chi connectivity index (χ4n) is 2.89. The van der Waals surface area contributed by atoms with Gasteiger partial charge in [0.15, 0.2) is 0 Å². The molecule has 0 bridgehead atoms. The first-order valence-corrected chi connectivity index (χ1v) is 9.00. The third-order valence-corrected chi connectivity index (χ3v) is 4.37. The molecule has 2 N–H and O–H groups in total. The lowest BCUT2D eigenvalue weighted by atomic mass is 10.0. The normalized spacial score (nSPS) is 10.7. The molecular weight excluding hydrogens is 336 g/mol. The van der Waals surface area contributed by atoms with Gasteiger partial charge in [0.2, 0.25) is 5.95 Å². The molecule has 5 nitrogen and oxygen atoms in total. The molecule has 0 saturated carbocycles. The molecular formula is C22H24N4O. The van der Waals surface area contributed by atoms with Crippen LogP contribution in [-0.2, 0) is 0 Å². The van der Waals surface area contributed by atoms with Crippen molar-refractivity contribution in [3.05, 3.63) is 77.1 Å². The summed E-state index contributed by atoms with van der Waals surface area (Å²) in [5.74, 6) is 0.560. The van der Waals surface area contributed by atoms with Gasteiger partial charge in [-0.2, -0.15) is 0 Å². The first-order chi connectivity index (χ1) is 12.9. The van der Waals surface area contributed by atoms with E-state index in [1.54, 1.807) is 0 Å². The zero-order valence-corrected chi connectivity index (χ0v) is 16.1. The van der Waals surface area contributed by atoms with E-state index in [1.165, 1.54) is 18.0 Å². The second-order valence-corrected chi connectivity index (χ2v) is 6.93. The van der Waals surface area contributed by atoms with Crippen molar-refractivity contribution in [1.29, 1.82) is 0 Å². The number of rotatable bonds is 5. The lowest BCUT2D eigenvalue weighted by molar-refractivity contribution is 0.102. The largest absolute Gasteiger partial charge is 0.324 e. The molecule has 0 radical (unpaired) electrons. The first kappa shape index (κ1) is 18.6. The minimum atomic E-state index is -0.221. The summed E-state index contributed by atoms with van der Waals surface area (Å²) in [5.41, 5.74) is 5.59. The minimum Gasteiger partial charge on any atom is -0.324 e. The van der Waals surface area contributed by atoms with Crippen LogP contribution >= 0.6 is 0 Å². The number of benzene rings is 2. The Labute approximate surface area is 159 Å². The average molecular weight is 360 g/mol. The number of anilines is 3. The van der Waals surface area contributed by atoms with Crippen LogP contribution in [0.15, 0.2) is 54.9 Å². The van der Waals surface area contributed by atoms with Gasteiger partial charge < -0.3 is 10.6 Å². The van der Waals surface area contributed by atoms with E-state index in [9.17, 15) is 4.79 Å². The number of nitrogens with one attached hydrogen (secondary N) is 2. The second-order valence-electron chi connectivity index (χ2n) is 6.93. The summed E-state index contributed by atoms with van der Waals surface area (Å²) < 4.78 is 0. The molecule has 0 unspecified atom stereocenters. The maximum absolute atomic E-state index is 12.5. The van der Waals surface area contributed by atoms with Gasteiger partial charge in [0.1, 0.15) is 0 Å². The van der Waals surface area contributed by atoms with Crippen molar-refractivity contribution in [1.82, 2.24) is 9.97 Å². The Bertz CT molecular complexity index is 949. The van der Waals surface area contributed by atoms with Gasteiger partial charge in [0.05, 0.1) is 5.56 Å². The number of carbonyl (C=O) groups is 1. The fourth-order valence-corrected chi connectivity index (χ4v) is 2.89. The van der Waals surface area contributed by atoms with Crippen molar-refractivity contribution in [2.45, 2.75) is 33.6 Å². The molecule has 27 heavy (non-hydrogen) atoms. The molecule has 1 amide bonds. The van der Waals surface area contributed by atoms with Crippen LogP contribution in [0.5, 0.6) is 0 Å². The number of carbonyl (C=O) groups excluding carboxylic acids is 1. The molecule has 3 aromatic rings. The highest BCUT2D eigenvalue weighted by Gasteiger charge is 2.12. The summed E-state index contributed by atoms with van der Waals surface area (Å²) in [7, 11) is 0. The van der Waals surface area contributed by atoms with E-state index in [-0.39, 0.29) is 5.91 Å². The number of amides is 1. The molecule has 2 aromatic carbocycles. The summed E-state index contributed by atoms with van der Waals surface area (Å²) in [6, 6.07) is 13.9. The van der Waals surface area contributed by atoms with Crippen molar-refractivity contribution in [3.8, 4) is 0 Å². The average Bonchev–Trinajstić information content (AvgIpc) is 2.65. The van der Waals surface area contributed by atoms with Crippen molar-refractivity contribution in [2.75, 3.05) is 10.6 Å². The van der Waals surface area contributed by atoms with Crippen LogP contribution in [0.1, 0.15) is 46.8 Å². The van der Waals surface area contributed by atoms with Crippen molar-refractivity contribution in [3.63, 3.8) is 0 Å². The first-order valence-electron chi connectivity index (χ1n) is 9.00. The summed E-state index contributed by atoms with van der Waals surface area (Å²) >= 11 is 0. The maximum atomic E-state index is 12.5. The third kappa shape index (κ3) is 4.50. The Morgan fingerprint density at radius 1 is 0.963 bits per heavy atom. The predicted octanol–water partition coefficient (Wildman–Crippen LogP) is 5.21. The van der Waals surface area contributed by atoms with Gasteiger partial charge >= 0.3 is 0 Å². The monoisotopic (exact) mass is 360 g/mol. The summed E-state index contributed by atoms with van der Waals surface area (Å²) in [5, 5.41) is 6.14. The van der Waals surface area contributed by atoms with E-state index in [0.717, 1.165) is 22.5 Å². The summed E-state index contributed by atoms with van der Waals surface area (Å²) in [6.45, 7) is 8.28. The van der Waals surface area contributed by atoms with E-state index in [4.69, 9.17) is 0 Å². The zero-order valence-electron chi connectivity index (χ0n) is 16.1. The van der Waals surface area contributed by atoms with Crippen LogP contribution < -0.4 is 10.6 Å². The third-order valence-electron chi connectivity index (χ3n) is 4.37. The number of aromatic nitrogens is 2. The molecule has 3 rings (SSSR count). The molecule has 1 aromatic heterocycles. The van der Waals surface area contributed by atoms with E-state index in [1.807, 2.05) is 43.3 Å². The number of hydrogen-bond acceptors (Lipinski definition) is 4. The van der Waals surface area contributed by atoms with E-state index in [0.29, 0.717) is 17.4 Å². The van der Waals surface area contributed by atoms with Crippen LogP contribution in [0.25, 0.3) is 0 Å².